The van der Waals surface area contributed by atoms with E-state index in [1.165, 1.54) is 128 Å². The molecule has 0 bridgehead atoms. The third kappa shape index (κ3) is 40.2. The van der Waals surface area contributed by atoms with Gasteiger partial charge in [0.05, 0.1) is 6.61 Å². The van der Waals surface area contributed by atoms with Crippen LogP contribution < -0.4 is 0 Å². The number of phosphoric ester groups is 1. The molecule has 318 valence electrons. The van der Waals surface area contributed by atoms with Gasteiger partial charge in [-0.3, -0.25) is 18.6 Å². The highest BCUT2D eigenvalue weighted by Gasteiger charge is 2.24. The van der Waals surface area contributed by atoms with Crippen LogP contribution in [0.25, 0.3) is 0 Å². The first-order chi connectivity index (χ1) is 26.3. The average molecular weight is 785 g/mol. The minimum atomic E-state index is -4.26. The monoisotopic (exact) mass is 785 g/mol. The van der Waals surface area contributed by atoms with E-state index in [0.29, 0.717) is 12.8 Å². The van der Waals surface area contributed by atoms with Crippen molar-refractivity contribution < 1.29 is 37.6 Å². The van der Waals surface area contributed by atoms with Crippen molar-refractivity contribution in [1.82, 2.24) is 0 Å². The summed E-state index contributed by atoms with van der Waals surface area (Å²) in [5, 5.41) is 0. The number of rotatable bonds is 42. The Hall–Kier alpha value is -1.47. The topological polar surface area (TPSA) is 108 Å². The Morgan fingerprint density at radius 2 is 0.907 bits per heavy atom. The number of allylic oxidation sites excluding steroid dienone is 4. The van der Waals surface area contributed by atoms with Crippen LogP contribution in [0.4, 0.5) is 0 Å². The highest BCUT2D eigenvalue weighted by Crippen LogP contribution is 2.42. The fourth-order valence-electron chi connectivity index (χ4n) is 6.44. The van der Waals surface area contributed by atoms with E-state index in [0.717, 1.165) is 71.3 Å². The van der Waals surface area contributed by atoms with E-state index in [2.05, 4.69) is 42.7 Å². The molecule has 54 heavy (non-hydrogen) atoms. The molecule has 1 N–H and O–H groups in total. The van der Waals surface area contributed by atoms with E-state index in [1.807, 2.05) is 0 Å². The standard InChI is InChI=1S/C45H85O8P/c1-4-6-8-10-12-14-16-18-20-21-22-23-24-25-26-28-29-31-33-35-37-39-44(46)51-41-43(42-52-54(48,49)50-3)53-45(47)40-38-36-34-32-30-27-19-17-15-13-11-9-7-5-2/h11,13,17,19,43H,4-10,12,14-16,18,20-42H2,1-3H3,(H,48,49)/b13-11-,19-17-. The Balaban J connectivity index is 3.91. The summed E-state index contributed by atoms with van der Waals surface area (Å²) < 4.78 is 32.0. The maximum Gasteiger partial charge on any atom is 0.472 e. The number of esters is 2. The number of hydrogen-bond donors (Lipinski definition) is 1. The third-order valence-corrected chi connectivity index (χ3v) is 10.9. The van der Waals surface area contributed by atoms with Crippen molar-refractivity contribution in [1.29, 1.82) is 0 Å². The summed E-state index contributed by atoms with van der Waals surface area (Å²) in [4.78, 5) is 34.5. The zero-order valence-electron chi connectivity index (χ0n) is 35.4. The largest absolute Gasteiger partial charge is 0.472 e. The molecule has 0 aromatic carbocycles. The second kappa shape index (κ2) is 41.2. The smallest absolute Gasteiger partial charge is 0.462 e. The lowest BCUT2D eigenvalue weighted by atomic mass is 10.0. The van der Waals surface area contributed by atoms with E-state index in [-0.39, 0.29) is 19.0 Å². The fourth-order valence-corrected chi connectivity index (χ4v) is 6.90. The number of unbranched alkanes of at least 4 members (excludes halogenated alkanes) is 27. The van der Waals surface area contributed by atoms with Crippen molar-refractivity contribution in [2.75, 3.05) is 20.3 Å². The molecule has 0 aliphatic heterocycles. The van der Waals surface area contributed by atoms with Crippen LogP contribution in [0.15, 0.2) is 24.3 Å². The third-order valence-electron chi connectivity index (χ3n) is 9.95. The Kier molecular flexibility index (Phi) is 40.1. The maximum atomic E-state index is 12.5. The summed E-state index contributed by atoms with van der Waals surface area (Å²) in [5.41, 5.74) is 0. The maximum absolute atomic E-state index is 12.5. The van der Waals surface area contributed by atoms with Gasteiger partial charge in [-0.05, 0) is 38.5 Å². The quantitative estimate of drug-likeness (QED) is 0.0282. The fraction of sp³-hybridized carbons (Fsp3) is 0.867. The lowest BCUT2D eigenvalue weighted by Crippen LogP contribution is -2.29. The van der Waals surface area contributed by atoms with Gasteiger partial charge in [0.1, 0.15) is 6.61 Å². The van der Waals surface area contributed by atoms with Crippen molar-refractivity contribution in [2.45, 2.75) is 232 Å². The molecule has 0 heterocycles. The van der Waals surface area contributed by atoms with Gasteiger partial charge in [-0.1, -0.05) is 199 Å². The molecule has 2 atom stereocenters. The number of carbonyl (C=O) groups excluding carboxylic acids is 2. The molecule has 0 fully saturated rings. The van der Waals surface area contributed by atoms with Gasteiger partial charge in [0, 0.05) is 20.0 Å². The van der Waals surface area contributed by atoms with E-state index in [1.54, 1.807) is 0 Å². The summed E-state index contributed by atoms with van der Waals surface area (Å²) in [7, 11) is -3.20. The van der Waals surface area contributed by atoms with Crippen molar-refractivity contribution in [3.8, 4) is 0 Å². The van der Waals surface area contributed by atoms with Gasteiger partial charge < -0.3 is 14.4 Å². The van der Waals surface area contributed by atoms with Crippen molar-refractivity contribution in [2.24, 2.45) is 0 Å². The van der Waals surface area contributed by atoms with Gasteiger partial charge >= 0.3 is 19.8 Å². The minimum absolute atomic E-state index is 0.227. The van der Waals surface area contributed by atoms with Gasteiger partial charge in [0.15, 0.2) is 6.10 Å². The number of hydrogen-bond acceptors (Lipinski definition) is 7. The van der Waals surface area contributed by atoms with Crippen LogP contribution in [0.3, 0.4) is 0 Å². The van der Waals surface area contributed by atoms with E-state index >= 15 is 0 Å². The van der Waals surface area contributed by atoms with Crippen LogP contribution in [0.1, 0.15) is 226 Å². The molecule has 0 aromatic rings. The van der Waals surface area contributed by atoms with Gasteiger partial charge in [-0.15, -0.1) is 0 Å². The molecule has 0 spiro atoms. The predicted octanol–water partition coefficient (Wildman–Crippen LogP) is 14.2. The van der Waals surface area contributed by atoms with Crippen LogP contribution in [-0.2, 0) is 32.7 Å². The number of carbonyl (C=O) groups is 2. The lowest BCUT2D eigenvalue weighted by molar-refractivity contribution is -0.161. The molecule has 2 unspecified atom stereocenters. The number of phosphoric acid groups is 1. The van der Waals surface area contributed by atoms with Crippen LogP contribution in [-0.4, -0.2) is 43.3 Å². The molecular weight excluding hydrogens is 699 g/mol. The highest BCUT2D eigenvalue weighted by atomic mass is 31.2. The molecule has 0 rings (SSSR count). The zero-order valence-corrected chi connectivity index (χ0v) is 36.3. The minimum Gasteiger partial charge on any atom is -0.462 e. The lowest BCUT2D eigenvalue weighted by Gasteiger charge is -2.19. The van der Waals surface area contributed by atoms with E-state index in [4.69, 9.17) is 14.0 Å². The molecule has 0 aliphatic rings. The summed E-state index contributed by atoms with van der Waals surface area (Å²) in [6.07, 6.45) is 46.6. The summed E-state index contributed by atoms with van der Waals surface area (Å²) in [6.45, 7) is 3.86. The molecule has 0 aliphatic carbocycles. The summed E-state index contributed by atoms with van der Waals surface area (Å²) in [6, 6.07) is 0. The van der Waals surface area contributed by atoms with Crippen molar-refractivity contribution in [3.05, 3.63) is 24.3 Å². The van der Waals surface area contributed by atoms with Gasteiger partial charge in [-0.25, -0.2) is 4.57 Å². The van der Waals surface area contributed by atoms with Crippen molar-refractivity contribution in [3.63, 3.8) is 0 Å². The zero-order chi connectivity index (χ0) is 39.6. The molecule has 8 nitrogen and oxygen atoms in total. The first-order valence-corrected chi connectivity index (χ1v) is 24.0. The first-order valence-electron chi connectivity index (χ1n) is 22.5. The van der Waals surface area contributed by atoms with Gasteiger partial charge in [0.2, 0.25) is 0 Å². The highest BCUT2D eigenvalue weighted by molar-refractivity contribution is 7.47. The first kappa shape index (κ1) is 52.5. The van der Waals surface area contributed by atoms with Gasteiger partial charge in [0.25, 0.3) is 0 Å². The molecule has 0 saturated heterocycles. The second-order valence-electron chi connectivity index (χ2n) is 15.2. The van der Waals surface area contributed by atoms with Crippen molar-refractivity contribution >= 4 is 19.8 Å². The average Bonchev–Trinajstić information content (AvgIpc) is 3.16. The Bertz CT molecular complexity index is 937. The molecule has 9 heteroatoms. The second-order valence-corrected chi connectivity index (χ2v) is 16.8. The van der Waals surface area contributed by atoms with E-state index in [9.17, 15) is 19.0 Å². The van der Waals surface area contributed by atoms with Crippen LogP contribution in [0.2, 0.25) is 0 Å². The molecule has 0 amide bonds. The van der Waals surface area contributed by atoms with Crippen LogP contribution >= 0.6 is 7.82 Å². The molecule has 0 aromatic heterocycles. The SMILES string of the molecule is CCCC/C=C\C/C=C\CCCCCCCC(=O)OC(COC(=O)CCCCCCCCCCCCCCCCCCCCCCC)COP(=O)(O)OC. The predicted molar refractivity (Wildman–Crippen MR) is 226 cm³/mol. The van der Waals surface area contributed by atoms with Crippen LogP contribution in [0, 0.1) is 0 Å². The van der Waals surface area contributed by atoms with Gasteiger partial charge in [-0.2, -0.15) is 0 Å². The molecule has 0 radical (unpaired) electrons. The summed E-state index contributed by atoms with van der Waals surface area (Å²) in [5.74, 6) is -0.810. The molecule has 0 saturated carbocycles. The summed E-state index contributed by atoms with van der Waals surface area (Å²) >= 11 is 0. The van der Waals surface area contributed by atoms with E-state index < -0.39 is 26.5 Å². The number of ether oxygens (including phenoxy) is 2. The Morgan fingerprint density at radius 3 is 1.35 bits per heavy atom. The Labute approximate surface area is 333 Å². The molecular formula is C45H85O8P. The Morgan fingerprint density at radius 1 is 0.519 bits per heavy atom. The van der Waals surface area contributed by atoms with Crippen LogP contribution in [0.5, 0.6) is 0 Å². The normalized spacial score (nSPS) is 13.5.